The van der Waals surface area contributed by atoms with E-state index in [1.165, 1.54) is 0 Å². The molecule has 1 unspecified atom stereocenters. The molecular weight excluding hydrogens is 148 g/mol. The van der Waals surface area contributed by atoms with E-state index in [0.29, 0.717) is 5.92 Å². The number of hydrogen-bond acceptors (Lipinski definition) is 2. The lowest BCUT2D eigenvalue weighted by atomic mass is 9.94. The van der Waals surface area contributed by atoms with Crippen molar-refractivity contribution in [3.05, 3.63) is 0 Å². The van der Waals surface area contributed by atoms with E-state index in [1.807, 2.05) is 0 Å². The number of nitriles is 1. The molecule has 0 aromatic heterocycles. The maximum absolute atomic E-state index is 8.47. The van der Waals surface area contributed by atoms with E-state index >= 15 is 0 Å². The van der Waals surface area contributed by atoms with Gasteiger partial charge in [-0.15, -0.1) is 12.4 Å². The fourth-order valence-electron chi connectivity index (χ4n) is 0.894. The minimum atomic E-state index is -0.631. The normalized spacial score (nSPS) is 15.2. The van der Waals surface area contributed by atoms with E-state index in [2.05, 4.69) is 19.9 Å². The van der Waals surface area contributed by atoms with Crippen molar-refractivity contribution < 1.29 is 0 Å². The van der Waals surface area contributed by atoms with Gasteiger partial charge in [0.2, 0.25) is 0 Å². The van der Waals surface area contributed by atoms with Crippen molar-refractivity contribution >= 4 is 12.4 Å². The molecule has 0 aliphatic heterocycles. The minimum absolute atomic E-state index is 0. The monoisotopic (exact) mass is 162 g/mol. The van der Waals surface area contributed by atoms with Gasteiger partial charge in [0.15, 0.2) is 0 Å². The first-order chi connectivity index (χ1) is 3.98. The zero-order valence-electron chi connectivity index (χ0n) is 6.72. The minimum Gasteiger partial charge on any atom is -0.314 e. The summed E-state index contributed by atoms with van der Waals surface area (Å²) in [5.74, 6) is 0.500. The highest BCUT2D eigenvalue weighted by atomic mass is 35.5. The second-order valence-electron chi connectivity index (χ2n) is 3.13. The summed E-state index contributed by atoms with van der Waals surface area (Å²) in [5.41, 5.74) is 4.93. The highest BCUT2D eigenvalue weighted by Crippen LogP contribution is 2.11. The molecule has 0 saturated heterocycles. The van der Waals surface area contributed by atoms with E-state index in [0.717, 1.165) is 6.42 Å². The largest absolute Gasteiger partial charge is 0.314 e. The summed E-state index contributed by atoms with van der Waals surface area (Å²) in [6, 6.07) is 2.05. The van der Waals surface area contributed by atoms with Gasteiger partial charge in [0.1, 0.15) is 5.54 Å². The highest BCUT2D eigenvalue weighted by Gasteiger charge is 2.17. The van der Waals surface area contributed by atoms with Crippen LogP contribution in [0.2, 0.25) is 0 Å². The Morgan fingerprint density at radius 3 is 2.10 bits per heavy atom. The zero-order valence-corrected chi connectivity index (χ0v) is 7.53. The van der Waals surface area contributed by atoms with Gasteiger partial charge in [0.25, 0.3) is 0 Å². The molecule has 0 heterocycles. The molecule has 1 atom stereocenters. The van der Waals surface area contributed by atoms with Gasteiger partial charge in [-0.3, -0.25) is 0 Å². The average Bonchev–Trinajstić information content (AvgIpc) is 1.63. The van der Waals surface area contributed by atoms with Crippen molar-refractivity contribution in [1.29, 1.82) is 5.26 Å². The van der Waals surface area contributed by atoms with E-state index in [9.17, 15) is 0 Å². The topological polar surface area (TPSA) is 49.8 Å². The van der Waals surface area contributed by atoms with Gasteiger partial charge in [-0.25, -0.2) is 0 Å². The van der Waals surface area contributed by atoms with Crippen LogP contribution in [0.15, 0.2) is 0 Å². The number of hydrogen-bond donors (Lipinski definition) is 1. The molecule has 3 heteroatoms. The smallest absolute Gasteiger partial charge is 0.101 e. The standard InChI is InChI=1S/C7H14N2.ClH/c1-6(2)4-7(3,9)5-8;/h6H,4,9H2,1-3H3;1H. The molecule has 0 saturated carbocycles. The molecule has 60 valence electrons. The van der Waals surface area contributed by atoms with Gasteiger partial charge in [0.05, 0.1) is 6.07 Å². The van der Waals surface area contributed by atoms with Crippen LogP contribution >= 0.6 is 12.4 Å². The van der Waals surface area contributed by atoms with Crippen molar-refractivity contribution in [2.75, 3.05) is 0 Å². The Hall–Kier alpha value is -0.260. The van der Waals surface area contributed by atoms with Gasteiger partial charge in [-0.05, 0) is 19.3 Å². The van der Waals surface area contributed by atoms with Crippen LogP contribution in [0, 0.1) is 17.2 Å². The molecule has 0 aromatic rings. The van der Waals surface area contributed by atoms with Crippen molar-refractivity contribution in [3.63, 3.8) is 0 Å². The second-order valence-corrected chi connectivity index (χ2v) is 3.13. The van der Waals surface area contributed by atoms with E-state index in [4.69, 9.17) is 11.0 Å². The number of nitrogens with zero attached hydrogens (tertiary/aromatic N) is 1. The van der Waals surface area contributed by atoms with Crippen LogP contribution in [-0.4, -0.2) is 5.54 Å². The zero-order chi connectivity index (χ0) is 7.49. The first-order valence-corrected chi connectivity index (χ1v) is 3.18. The maximum atomic E-state index is 8.47. The van der Waals surface area contributed by atoms with E-state index in [-0.39, 0.29) is 12.4 Å². The Bertz CT molecular complexity index is 124. The predicted molar refractivity (Wildman–Crippen MR) is 44.9 cm³/mol. The first-order valence-electron chi connectivity index (χ1n) is 3.18. The van der Waals surface area contributed by atoms with Crippen molar-refractivity contribution in [1.82, 2.24) is 0 Å². The molecule has 2 nitrogen and oxygen atoms in total. The molecular formula is C7H15ClN2. The molecule has 0 aliphatic rings. The van der Waals surface area contributed by atoms with Gasteiger partial charge in [-0.2, -0.15) is 5.26 Å². The van der Waals surface area contributed by atoms with Gasteiger partial charge >= 0.3 is 0 Å². The van der Waals surface area contributed by atoms with Crippen LogP contribution in [0.1, 0.15) is 27.2 Å². The Balaban J connectivity index is 0. The second kappa shape index (κ2) is 4.54. The fourth-order valence-corrected chi connectivity index (χ4v) is 0.894. The SMILES string of the molecule is CC(C)CC(C)(N)C#N.Cl. The molecule has 0 amide bonds. The summed E-state index contributed by atoms with van der Waals surface area (Å²) in [6.45, 7) is 5.87. The maximum Gasteiger partial charge on any atom is 0.101 e. The molecule has 2 N–H and O–H groups in total. The van der Waals surface area contributed by atoms with Gasteiger partial charge in [0, 0.05) is 0 Å². The van der Waals surface area contributed by atoms with Gasteiger partial charge < -0.3 is 5.73 Å². The van der Waals surface area contributed by atoms with Crippen LogP contribution in [-0.2, 0) is 0 Å². The van der Waals surface area contributed by atoms with Crippen molar-refractivity contribution in [2.24, 2.45) is 11.7 Å². The third-order valence-corrected chi connectivity index (χ3v) is 1.09. The number of halogens is 1. The summed E-state index contributed by atoms with van der Waals surface area (Å²) in [4.78, 5) is 0. The fraction of sp³-hybridized carbons (Fsp3) is 0.857. The Labute approximate surface area is 68.8 Å². The molecule has 0 aromatic carbocycles. The summed E-state index contributed by atoms with van der Waals surface area (Å²) in [5, 5.41) is 8.47. The Kier molecular flexibility index (Phi) is 5.64. The quantitative estimate of drug-likeness (QED) is 0.672. The van der Waals surface area contributed by atoms with E-state index in [1.54, 1.807) is 6.92 Å². The van der Waals surface area contributed by atoms with E-state index < -0.39 is 5.54 Å². The van der Waals surface area contributed by atoms with Crippen LogP contribution in [0.5, 0.6) is 0 Å². The lowest BCUT2D eigenvalue weighted by Gasteiger charge is -2.16. The third-order valence-electron chi connectivity index (χ3n) is 1.09. The lowest BCUT2D eigenvalue weighted by Crippen LogP contribution is -2.35. The number of rotatable bonds is 2. The molecule has 0 spiro atoms. The molecule has 0 rings (SSSR count). The average molecular weight is 163 g/mol. The molecule has 10 heavy (non-hydrogen) atoms. The highest BCUT2D eigenvalue weighted by molar-refractivity contribution is 5.85. The predicted octanol–water partition coefficient (Wildman–Crippen LogP) is 1.70. The summed E-state index contributed by atoms with van der Waals surface area (Å²) < 4.78 is 0. The van der Waals surface area contributed by atoms with Crippen LogP contribution in [0.4, 0.5) is 0 Å². The Morgan fingerprint density at radius 1 is 1.60 bits per heavy atom. The van der Waals surface area contributed by atoms with Crippen LogP contribution in [0.25, 0.3) is 0 Å². The van der Waals surface area contributed by atoms with Crippen LogP contribution in [0.3, 0.4) is 0 Å². The number of nitrogens with two attached hydrogens (primary N) is 1. The first kappa shape index (κ1) is 12.4. The summed E-state index contributed by atoms with van der Waals surface area (Å²) in [6.07, 6.45) is 0.767. The summed E-state index contributed by atoms with van der Waals surface area (Å²) >= 11 is 0. The molecule has 0 radical (unpaired) electrons. The molecule has 0 bridgehead atoms. The van der Waals surface area contributed by atoms with Gasteiger partial charge in [-0.1, -0.05) is 13.8 Å². The van der Waals surface area contributed by atoms with Crippen molar-refractivity contribution in [2.45, 2.75) is 32.7 Å². The van der Waals surface area contributed by atoms with Crippen molar-refractivity contribution in [3.8, 4) is 6.07 Å². The third kappa shape index (κ3) is 5.87. The lowest BCUT2D eigenvalue weighted by molar-refractivity contribution is 0.448. The Morgan fingerprint density at radius 2 is 2.00 bits per heavy atom. The van der Waals surface area contributed by atoms with Crippen LogP contribution < -0.4 is 5.73 Å². The molecule has 0 aliphatic carbocycles. The summed E-state index contributed by atoms with van der Waals surface area (Å²) in [7, 11) is 0. The molecule has 0 fully saturated rings.